The van der Waals surface area contributed by atoms with Crippen molar-refractivity contribution in [1.29, 1.82) is 5.41 Å². The molecule has 2 atom stereocenters. The summed E-state index contributed by atoms with van der Waals surface area (Å²) in [6.07, 6.45) is 0.00415. The number of aliphatic hydroxyl groups excluding tert-OH is 1. The number of phenols is 1. The molecule has 7 heteroatoms. The molecule has 0 radical (unpaired) electrons. The number of aromatic hydroxyl groups is 1. The number of aliphatic hydroxyl groups is 1. The Morgan fingerprint density at radius 2 is 1.73 bits per heavy atom. The van der Waals surface area contributed by atoms with Gasteiger partial charge < -0.3 is 30.3 Å². The van der Waals surface area contributed by atoms with Crippen LogP contribution in [0.25, 0.3) is 0 Å². The molecule has 0 spiro atoms. The van der Waals surface area contributed by atoms with Crippen molar-refractivity contribution in [1.82, 2.24) is 0 Å². The van der Waals surface area contributed by atoms with Gasteiger partial charge in [-0.25, -0.2) is 0 Å². The Labute approximate surface area is 152 Å². The summed E-state index contributed by atoms with van der Waals surface area (Å²) in [5.41, 5.74) is 8.19. The number of rotatable bonds is 4. The number of nitrogens with one attached hydrogen (secondary N) is 1. The van der Waals surface area contributed by atoms with Crippen LogP contribution in [-0.4, -0.2) is 42.5 Å². The number of benzene rings is 2. The van der Waals surface area contributed by atoms with Crippen LogP contribution in [0.2, 0.25) is 0 Å². The van der Waals surface area contributed by atoms with Gasteiger partial charge in [0.05, 0.1) is 26.4 Å². The van der Waals surface area contributed by atoms with Crippen molar-refractivity contribution < 1.29 is 19.7 Å². The molecule has 0 saturated heterocycles. The zero-order valence-electron chi connectivity index (χ0n) is 14.8. The third kappa shape index (κ3) is 3.13. The number of phenolic OH excluding ortho intramolecular Hbond substituents is 1. The van der Waals surface area contributed by atoms with Gasteiger partial charge in [0.2, 0.25) is 0 Å². The molecule has 0 saturated carbocycles. The lowest BCUT2D eigenvalue weighted by Crippen LogP contribution is -2.53. The smallest absolute Gasteiger partial charge is 0.193 e. The number of nitrogens with zero attached hydrogens (tertiary/aromatic N) is 1. The minimum absolute atomic E-state index is 0.0682. The van der Waals surface area contributed by atoms with Crippen LogP contribution in [0.5, 0.6) is 17.2 Å². The Kier molecular flexibility index (Phi) is 4.90. The van der Waals surface area contributed by atoms with Crippen LogP contribution in [0.1, 0.15) is 11.1 Å². The molecule has 0 heterocycles. The van der Waals surface area contributed by atoms with Crippen LogP contribution in [0.3, 0.4) is 0 Å². The van der Waals surface area contributed by atoms with E-state index in [2.05, 4.69) is 0 Å². The molecule has 7 nitrogen and oxygen atoms in total. The fourth-order valence-electron chi connectivity index (χ4n) is 3.59. The van der Waals surface area contributed by atoms with Crippen LogP contribution >= 0.6 is 0 Å². The fraction of sp³-hybridized carbons (Fsp3) is 0.316. The fourth-order valence-corrected chi connectivity index (χ4v) is 3.59. The maximum Gasteiger partial charge on any atom is 0.193 e. The molecule has 0 fully saturated rings. The van der Waals surface area contributed by atoms with Crippen LogP contribution in [-0.2, 0) is 12.8 Å². The average Bonchev–Trinajstić information content (AvgIpc) is 2.61. The van der Waals surface area contributed by atoms with E-state index in [1.165, 1.54) is 11.0 Å². The van der Waals surface area contributed by atoms with E-state index in [1.54, 1.807) is 32.4 Å². The molecule has 1 aliphatic carbocycles. The van der Waals surface area contributed by atoms with Gasteiger partial charge in [-0.15, -0.1) is 0 Å². The second-order valence-electron chi connectivity index (χ2n) is 6.25. The first kappa shape index (κ1) is 17.9. The Balaban J connectivity index is 2.05. The van der Waals surface area contributed by atoms with Gasteiger partial charge in [0.1, 0.15) is 17.2 Å². The van der Waals surface area contributed by atoms with Crippen molar-refractivity contribution in [2.75, 3.05) is 19.1 Å². The third-order valence-electron chi connectivity index (χ3n) is 4.75. The summed E-state index contributed by atoms with van der Waals surface area (Å²) >= 11 is 0. The van der Waals surface area contributed by atoms with Gasteiger partial charge in [-0.05, 0) is 30.7 Å². The molecular formula is C19H23N3O4. The molecule has 26 heavy (non-hydrogen) atoms. The first-order valence-corrected chi connectivity index (χ1v) is 8.29. The maximum absolute atomic E-state index is 10.8. The van der Waals surface area contributed by atoms with E-state index >= 15 is 0 Å². The number of guanidine groups is 1. The van der Waals surface area contributed by atoms with E-state index in [0.717, 1.165) is 11.1 Å². The van der Waals surface area contributed by atoms with Crippen LogP contribution in [0.4, 0.5) is 5.69 Å². The molecule has 3 rings (SSSR count). The van der Waals surface area contributed by atoms with E-state index in [9.17, 15) is 10.2 Å². The molecule has 138 valence electrons. The molecule has 2 aromatic carbocycles. The zero-order valence-corrected chi connectivity index (χ0v) is 14.8. The summed E-state index contributed by atoms with van der Waals surface area (Å²) in [5.74, 6) is 1.27. The SMILES string of the molecule is COc1ccc(OC)c2c1CC(O)C(N(C(=N)N)c1cccc(O)c1)C2. The Bertz CT molecular complexity index is 824. The second-order valence-corrected chi connectivity index (χ2v) is 6.25. The van der Waals surface area contributed by atoms with Crippen molar-refractivity contribution >= 4 is 11.6 Å². The van der Waals surface area contributed by atoms with Gasteiger partial charge >= 0.3 is 0 Å². The second kappa shape index (κ2) is 7.13. The topological polar surface area (TPSA) is 112 Å². The summed E-state index contributed by atoms with van der Waals surface area (Å²) in [6, 6.07) is 9.67. The predicted octanol–water partition coefficient (Wildman–Crippen LogP) is 1.64. The van der Waals surface area contributed by atoms with Crippen molar-refractivity contribution in [3.63, 3.8) is 0 Å². The largest absolute Gasteiger partial charge is 0.508 e. The van der Waals surface area contributed by atoms with E-state index in [0.29, 0.717) is 30.0 Å². The zero-order chi connectivity index (χ0) is 18.8. The van der Waals surface area contributed by atoms with Crippen LogP contribution in [0.15, 0.2) is 36.4 Å². The summed E-state index contributed by atoms with van der Waals surface area (Å²) in [5, 5.41) is 28.6. The van der Waals surface area contributed by atoms with E-state index in [1.807, 2.05) is 12.1 Å². The lowest BCUT2D eigenvalue weighted by Gasteiger charge is -2.39. The molecule has 1 aliphatic rings. The number of methoxy groups -OCH3 is 2. The summed E-state index contributed by atoms with van der Waals surface area (Å²) < 4.78 is 10.9. The van der Waals surface area contributed by atoms with Gasteiger partial charge in [0.15, 0.2) is 5.96 Å². The minimum atomic E-state index is -0.769. The number of ether oxygens (including phenoxy) is 2. The van der Waals surface area contributed by atoms with Gasteiger partial charge in [-0.1, -0.05) is 6.07 Å². The monoisotopic (exact) mass is 357 g/mol. The highest BCUT2D eigenvalue weighted by Crippen LogP contribution is 2.38. The number of anilines is 1. The first-order chi connectivity index (χ1) is 12.5. The summed E-state index contributed by atoms with van der Waals surface area (Å²) in [6.45, 7) is 0. The maximum atomic E-state index is 10.8. The van der Waals surface area contributed by atoms with Crippen molar-refractivity contribution in [3.8, 4) is 17.2 Å². The number of hydrogen-bond acceptors (Lipinski definition) is 5. The highest BCUT2D eigenvalue weighted by atomic mass is 16.5. The number of fused-ring (bicyclic) bond motifs is 1. The van der Waals surface area contributed by atoms with Gasteiger partial charge in [-0.2, -0.15) is 0 Å². The summed E-state index contributed by atoms with van der Waals surface area (Å²) in [7, 11) is 3.19. The molecular weight excluding hydrogens is 334 g/mol. The summed E-state index contributed by atoms with van der Waals surface area (Å²) in [4.78, 5) is 1.53. The lowest BCUT2D eigenvalue weighted by atomic mass is 9.84. The molecule has 0 bridgehead atoms. The standard InChI is InChI=1S/C19H23N3O4/c1-25-17-6-7-18(26-2)14-10-16(24)15(9-13(14)17)22(19(20)21)11-4-3-5-12(23)8-11/h3-8,15-16,23-24H,9-10H2,1-2H3,(H3,20,21). The average molecular weight is 357 g/mol. The lowest BCUT2D eigenvalue weighted by molar-refractivity contribution is 0.136. The van der Waals surface area contributed by atoms with Crippen molar-refractivity contribution in [3.05, 3.63) is 47.5 Å². The first-order valence-electron chi connectivity index (χ1n) is 8.29. The Morgan fingerprint density at radius 1 is 1.12 bits per heavy atom. The molecule has 2 unspecified atom stereocenters. The quantitative estimate of drug-likeness (QED) is 0.489. The normalized spacial score (nSPS) is 18.7. The molecule has 0 aromatic heterocycles. The van der Waals surface area contributed by atoms with E-state index in [4.69, 9.17) is 20.6 Å². The van der Waals surface area contributed by atoms with Crippen molar-refractivity contribution in [2.24, 2.45) is 5.73 Å². The predicted molar refractivity (Wildman–Crippen MR) is 99.2 cm³/mol. The van der Waals surface area contributed by atoms with Crippen LogP contribution in [0, 0.1) is 5.41 Å². The van der Waals surface area contributed by atoms with Gasteiger partial charge in [-0.3, -0.25) is 5.41 Å². The van der Waals surface area contributed by atoms with Gasteiger partial charge in [0, 0.05) is 29.3 Å². The molecule has 2 aromatic rings. The Morgan fingerprint density at radius 3 is 2.27 bits per heavy atom. The van der Waals surface area contributed by atoms with E-state index in [-0.39, 0.29) is 11.7 Å². The highest BCUT2D eigenvalue weighted by Gasteiger charge is 2.36. The minimum Gasteiger partial charge on any atom is -0.508 e. The number of hydrogen-bond donors (Lipinski definition) is 4. The number of nitrogens with two attached hydrogens (primary N) is 1. The van der Waals surface area contributed by atoms with Gasteiger partial charge in [0.25, 0.3) is 0 Å². The van der Waals surface area contributed by atoms with Crippen LogP contribution < -0.4 is 20.1 Å². The Hall–Kier alpha value is -2.93. The van der Waals surface area contributed by atoms with Crippen molar-refractivity contribution in [2.45, 2.75) is 25.0 Å². The molecule has 0 aliphatic heterocycles. The third-order valence-corrected chi connectivity index (χ3v) is 4.75. The molecule has 5 N–H and O–H groups in total. The molecule has 0 amide bonds. The highest BCUT2D eigenvalue weighted by molar-refractivity contribution is 5.93. The van der Waals surface area contributed by atoms with E-state index < -0.39 is 12.1 Å².